The molecule has 0 spiro atoms. The number of piperidine rings is 1. The van der Waals surface area contributed by atoms with Gasteiger partial charge in [0.25, 0.3) is 5.91 Å². The molecule has 188 valence electrons. The van der Waals surface area contributed by atoms with Crippen LogP contribution in [0.5, 0.6) is 11.5 Å². The fraction of sp³-hybridized carbons (Fsp3) is 0.440. The topological polar surface area (TPSA) is 59.1 Å². The van der Waals surface area contributed by atoms with E-state index in [-0.39, 0.29) is 48.0 Å². The van der Waals surface area contributed by atoms with Crippen LogP contribution in [0.3, 0.4) is 0 Å². The summed E-state index contributed by atoms with van der Waals surface area (Å²) in [5.41, 5.74) is 0.534. The Morgan fingerprint density at radius 1 is 1.03 bits per heavy atom. The third-order valence-electron chi connectivity index (χ3n) is 6.36. The molecule has 0 radical (unpaired) electrons. The van der Waals surface area contributed by atoms with Gasteiger partial charge in [0.2, 0.25) is 5.91 Å². The zero-order valence-corrected chi connectivity index (χ0v) is 19.2. The number of hydrogen-bond donors (Lipinski definition) is 0. The molecule has 0 N–H and O–H groups in total. The van der Waals surface area contributed by atoms with Gasteiger partial charge in [-0.25, -0.2) is 8.78 Å². The number of likely N-dealkylation sites (tertiary alicyclic amines) is 1. The lowest BCUT2D eigenvalue weighted by atomic mass is 9.94. The predicted molar refractivity (Wildman–Crippen MR) is 118 cm³/mol. The maximum atomic E-state index is 14.0. The van der Waals surface area contributed by atoms with Crippen LogP contribution < -0.4 is 9.47 Å². The fourth-order valence-corrected chi connectivity index (χ4v) is 4.37. The smallest absolute Gasteiger partial charge is 0.387 e. The average Bonchev–Trinajstić information content (AvgIpc) is 3.67. The van der Waals surface area contributed by atoms with Gasteiger partial charge in [-0.3, -0.25) is 9.59 Å². The Morgan fingerprint density at radius 3 is 2.34 bits per heavy atom. The van der Waals surface area contributed by atoms with Gasteiger partial charge in [0.1, 0.15) is 11.6 Å². The van der Waals surface area contributed by atoms with E-state index in [9.17, 15) is 27.2 Å². The number of carbonyl (C=O) groups excluding carboxylic acids is 2. The summed E-state index contributed by atoms with van der Waals surface area (Å²) in [5.74, 6) is -2.42. The van der Waals surface area contributed by atoms with E-state index < -0.39 is 24.2 Å². The van der Waals surface area contributed by atoms with Crippen molar-refractivity contribution in [2.45, 2.75) is 44.9 Å². The second-order valence-corrected chi connectivity index (χ2v) is 8.75. The molecule has 1 saturated heterocycles. The van der Waals surface area contributed by atoms with Crippen LogP contribution in [0.25, 0.3) is 0 Å². The molecule has 0 bridgehead atoms. The van der Waals surface area contributed by atoms with Crippen LogP contribution >= 0.6 is 0 Å². The Labute approximate surface area is 200 Å². The van der Waals surface area contributed by atoms with Crippen molar-refractivity contribution >= 4 is 11.8 Å². The summed E-state index contributed by atoms with van der Waals surface area (Å²) >= 11 is 0. The zero-order valence-electron chi connectivity index (χ0n) is 19.2. The van der Waals surface area contributed by atoms with Crippen LogP contribution in [0.1, 0.15) is 41.6 Å². The molecule has 1 heterocycles. The van der Waals surface area contributed by atoms with Crippen LogP contribution in [0.2, 0.25) is 0 Å². The molecule has 35 heavy (non-hydrogen) atoms. The first-order valence-corrected chi connectivity index (χ1v) is 11.4. The van der Waals surface area contributed by atoms with Gasteiger partial charge < -0.3 is 19.3 Å². The Balaban J connectivity index is 1.39. The molecule has 2 aliphatic rings. The molecule has 0 aromatic heterocycles. The fourth-order valence-electron chi connectivity index (χ4n) is 4.37. The summed E-state index contributed by atoms with van der Waals surface area (Å²) in [6.45, 7) is -2.10. The minimum Gasteiger partial charge on any atom is -0.493 e. The number of rotatable bonds is 8. The van der Waals surface area contributed by atoms with E-state index in [2.05, 4.69) is 4.74 Å². The van der Waals surface area contributed by atoms with Gasteiger partial charge in [-0.05, 0) is 55.5 Å². The van der Waals surface area contributed by atoms with E-state index >= 15 is 0 Å². The summed E-state index contributed by atoms with van der Waals surface area (Å²) < 4.78 is 62.0. The molecular weight excluding hydrogens is 468 g/mol. The highest BCUT2D eigenvalue weighted by Crippen LogP contribution is 2.34. The number of amides is 2. The van der Waals surface area contributed by atoms with Crippen LogP contribution in [0.15, 0.2) is 36.4 Å². The van der Waals surface area contributed by atoms with Crippen molar-refractivity contribution in [3.8, 4) is 11.5 Å². The van der Waals surface area contributed by atoms with Gasteiger partial charge in [-0.2, -0.15) is 8.78 Å². The lowest BCUT2D eigenvalue weighted by molar-refractivity contribution is -0.138. The SMILES string of the molecule is COc1cc(CN(C(=O)C2CCN(C(=O)c3ccc(F)cc3F)CC2)C2CC2)ccc1OC(F)F. The summed E-state index contributed by atoms with van der Waals surface area (Å²) in [7, 11) is 1.36. The van der Waals surface area contributed by atoms with Crippen LogP contribution in [0.4, 0.5) is 17.6 Å². The standard InChI is InChI=1S/C25H26F4N2O4/c1-34-22-12-15(2-7-21(22)35-25(28)29)14-31(18-4-5-18)23(32)16-8-10-30(11-9-16)24(33)19-6-3-17(26)13-20(19)27/h2-3,6-7,12-13,16,18,25H,4-5,8-11,14H2,1H3. The molecule has 0 atom stereocenters. The summed E-state index contributed by atoms with van der Waals surface area (Å²) in [6.07, 6.45) is 2.63. The summed E-state index contributed by atoms with van der Waals surface area (Å²) in [4.78, 5) is 29.3. The van der Waals surface area contributed by atoms with E-state index in [1.807, 2.05) is 0 Å². The van der Waals surface area contributed by atoms with E-state index in [0.717, 1.165) is 30.5 Å². The molecule has 0 unspecified atom stereocenters. The first-order chi connectivity index (χ1) is 16.8. The Hall–Kier alpha value is -3.30. The number of benzene rings is 2. The minimum atomic E-state index is -2.98. The zero-order chi connectivity index (χ0) is 25.1. The maximum Gasteiger partial charge on any atom is 0.387 e. The Bertz CT molecular complexity index is 1090. The van der Waals surface area contributed by atoms with E-state index in [1.165, 1.54) is 18.1 Å². The first-order valence-electron chi connectivity index (χ1n) is 11.4. The van der Waals surface area contributed by atoms with Crippen molar-refractivity contribution in [3.05, 3.63) is 59.2 Å². The van der Waals surface area contributed by atoms with Crippen molar-refractivity contribution < 1.29 is 36.6 Å². The van der Waals surface area contributed by atoms with Crippen molar-refractivity contribution in [1.82, 2.24) is 9.80 Å². The Kier molecular flexibility index (Phi) is 7.47. The van der Waals surface area contributed by atoms with Gasteiger partial charge in [0.15, 0.2) is 11.5 Å². The molecule has 2 amide bonds. The average molecular weight is 494 g/mol. The number of methoxy groups -OCH3 is 1. The molecule has 2 aromatic carbocycles. The molecule has 2 aromatic rings. The number of alkyl halides is 2. The highest BCUT2D eigenvalue weighted by Gasteiger charge is 2.38. The van der Waals surface area contributed by atoms with Gasteiger partial charge in [0, 0.05) is 37.7 Å². The Morgan fingerprint density at radius 2 is 1.74 bits per heavy atom. The largest absolute Gasteiger partial charge is 0.493 e. The van der Waals surface area contributed by atoms with Gasteiger partial charge in [-0.15, -0.1) is 0 Å². The highest BCUT2D eigenvalue weighted by molar-refractivity contribution is 5.94. The minimum absolute atomic E-state index is 0.0283. The van der Waals surface area contributed by atoms with Gasteiger partial charge >= 0.3 is 6.61 Å². The highest BCUT2D eigenvalue weighted by atomic mass is 19.3. The molecule has 1 aliphatic carbocycles. The predicted octanol–water partition coefficient (Wildman–Crippen LogP) is 4.62. The molecular formula is C25H26F4N2O4. The number of nitrogens with zero attached hydrogens (tertiary/aromatic N) is 2. The lowest BCUT2D eigenvalue weighted by Crippen LogP contribution is -2.45. The number of halogens is 4. The second-order valence-electron chi connectivity index (χ2n) is 8.75. The molecule has 4 rings (SSSR count). The normalized spacial score (nSPS) is 16.3. The number of carbonyl (C=O) groups is 2. The second kappa shape index (κ2) is 10.5. The van der Waals surface area contributed by atoms with E-state index in [0.29, 0.717) is 25.5 Å². The summed E-state index contributed by atoms with van der Waals surface area (Å²) in [6, 6.07) is 7.57. The van der Waals surface area contributed by atoms with E-state index in [4.69, 9.17) is 4.74 Å². The van der Waals surface area contributed by atoms with Crippen LogP contribution in [0, 0.1) is 17.6 Å². The maximum absolute atomic E-state index is 14.0. The van der Waals surface area contributed by atoms with Crippen LogP contribution in [-0.4, -0.2) is 54.5 Å². The van der Waals surface area contributed by atoms with Crippen molar-refractivity contribution in [2.75, 3.05) is 20.2 Å². The first kappa shape index (κ1) is 24.8. The lowest BCUT2D eigenvalue weighted by Gasteiger charge is -2.34. The third kappa shape index (κ3) is 5.86. The molecule has 1 saturated carbocycles. The monoisotopic (exact) mass is 494 g/mol. The number of hydrogen-bond acceptors (Lipinski definition) is 4. The quantitative estimate of drug-likeness (QED) is 0.503. The molecule has 2 fully saturated rings. The van der Waals surface area contributed by atoms with Crippen molar-refractivity contribution in [1.29, 1.82) is 0 Å². The van der Waals surface area contributed by atoms with E-state index in [1.54, 1.807) is 17.0 Å². The molecule has 6 nitrogen and oxygen atoms in total. The van der Waals surface area contributed by atoms with Gasteiger partial charge in [0.05, 0.1) is 12.7 Å². The summed E-state index contributed by atoms with van der Waals surface area (Å²) in [5, 5.41) is 0. The van der Waals surface area contributed by atoms with Crippen molar-refractivity contribution in [3.63, 3.8) is 0 Å². The van der Waals surface area contributed by atoms with Crippen LogP contribution in [-0.2, 0) is 11.3 Å². The van der Waals surface area contributed by atoms with Crippen molar-refractivity contribution in [2.24, 2.45) is 5.92 Å². The van der Waals surface area contributed by atoms with Gasteiger partial charge in [-0.1, -0.05) is 6.07 Å². The third-order valence-corrected chi connectivity index (χ3v) is 6.36. The molecule has 1 aliphatic heterocycles. The molecule has 10 heteroatoms. The number of ether oxygens (including phenoxy) is 2.